The van der Waals surface area contributed by atoms with Crippen molar-refractivity contribution in [3.8, 4) is 0 Å². The van der Waals surface area contributed by atoms with E-state index in [1.807, 2.05) is 12.3 Å². The highest BCUT2D eigenvalue weighted by Gasteiger charge is 2.37. The van der Waals surface area contributed by atoms with Crippen LogP contribution < -0.4 is 5.32 Å². The third kappa shape index (κ3) is 4.73. The van der Waals surface area contributed by atoms with Crippen molar-refractivity contribution in [1.29, 1.82) is 0 Å². The molecule has 1 heterocycles. The molecule has 1 atom stereocenters. The van der Waals surface area contributed by atoms with E-state index in [1.165, 1.54) is 5.56 Å². The molecule has 21 heavy (non-hydrogen) atoms. The van der Waals surface area contributed by atoms with E-state index in [2.05, 4.69) is 30.2 Å². The van der Waals surface area contributed by atoms with E-state index < -0.39 is 5.92 Å². The van der Waals surface area contributed by atoms with Gasteiger partial charge in [0.25, 0.3) is 0 Å². The molecule has 2 rings (SSSR count). The van der Waals surface area contributed by atoms with Gasteiger partial charge in [0, 0.05) is 37.2 Å². The molecule has 1 aliphatic carbocycles. The van der Waals surface area contributed by atoms with Crippen LogP contribution in [0.25, 0.3) is 0 Å². The van der Waals surface area contributed by atoms with Crippen molar-refractivity contribution in [3.63, 3.8) is 0 Å². The Balaban J connectivity index is 2.03. The number of halogens is 2. The molecule has 0 spiro atoms. The van der Waals surface area contributed by atoms with Gasteiger partial charge in [-0.05, 0) is 50.3 Å². The summed E-state index contributed by atoms with van der Waals surface area (Å²) in [5.41, 5.74) is 2.27. The second kappa shape index (κ2) is 7.30. The molecule has 1 saturated carbocycles. The molecule has 1 unspecified atom stereocenters. The summed E-state index contributed by atoms with van der Waals surface area (Å²) in [5, 5.41) is 3.56. The molecular weight excluding hydrogens is 270 g/mol. The lowest BCUT2D eigenvalue weighted by molar-refractivity contribution is -0.0495. The Morgan fingerprint density at radius 3 is 2.71 bits per heavy atom. The maximum absolute atomic E-state index is 13.4. The van der Waals surface area contributed by atoms with Crippen molar-refractivity contribution in [2.24, 2.45) is 5.92 Å². The van der Waals surface area contributed by atoms with Gasteiger partial charge < -0.3 is 5.32 Å². The first kappa shape index (κ1) is 16.3. The number of aryl methyl sites for hydroxylation is 1. The lowest BCUT2D eigenvalue weighted by Crippen LogP contribution is -2.42. The van der Waals surface area contributed by atoms with E-state index in [4.69, 9.17) is 0 Å². The van der Waals surface area contributed by atoms with Gasteiger partial charge in [0.1, 0.15) is 0 Å². The van der Waals surface area contributed by atoms with Gasteiger partial charge in [0.05, 0.1) is 0 Å². The van der Waals surface area contributed by atoms with Crippen molar-refractivity contribution in [2.45, 2.75) is 64.3 Å². The topological polar surface area (TPSA) is 24.9 Å². The van der Waals surface area contributed by atoms with Crippen LogP contribution in [0.15, 0.2) is 18.3 Å². The van der Waals surface area contributed by atoms with Crippen LogP contribution in [0.5, 0.6) is 0 Å². The lowest BCUT2D eigenvalue weighted by atomic mass is 9.80. The summed E-state index contributed by atoms with van der Waals surface area (Å²) in [5.74, 6) is -2.12. The van der Waals surface area contributed by atoms with Gasteiger partial charge in [-0.15, -0.1) is 0 Å². The van der Waals surface area contributed by atoms with Crippen molar-refractivity contribution in [2.75, 3.05) is 6.54 Å². The summed E-state index contributed by atoms with van der Waals surface area (Å²) in [4.78, 5) is 4.46. The van der Waals surface area contributed by atoms with Gasteiger partial charge in [-0.1, -0.05) is 13.0 Å². The van der Waals surface area contributed by atoms with Gasteiger partial charge >= 0.3 is 0 Å². The van der Waals surface area contributed by atoms with E-state index in [0.29, 0.717) is 18.8 Å². The SMILES string of the molecule is CCCNC(Cc1ncccc1C)C1CCC(F)(F)CC1. The fraction of sp³-hybridized carbons (Fsp3) is 0.706. The Labute approximate surface area is 126 Å². The summed E-state index contributed by atoms with van der Waals surface area (Å²) < 4.78 is 26.7. The van der Waals surface area contributed by atoms with Crippen LogP contribution in [0.4, 0.5) is 8.78 Å². The minimum Gasteiger partial charge on any atom is -0.313 e. The van der Waals surface area contributed by atoms with E-state index in [1.54, 1.807) is 0 Å². The van der Waals surface area contributed by atoms with Gasteiger partial charge in [0.15, 0.2) is 0 Å². The van der Waals surface area contributed by atoms with Gasteiger partial charge in [0.2, 0.25) is 5.92 Å². The summed E-state index contributed by atoms with van der Waals surface area (Å²) in [6.45, 7) is 5.13. The average molecular weight is 296 g/mol. The zero-order valence-corrected chi connectivity index (χ0v) is 13.0. The Morgan fingerprint density at radius 1 is 1.38 bits per heavy atom. The Bertz CT molecular complexity index is 438. The lowest BCUT2D eigenvalue weighted by Gasteiger charge is -2.34. The molecule has 0 aromatic carbocycles. The normalized spacial score (nSPS) is 20.4. The molecule has 2 nitrogen and oxygen atoms in total. The molecule has 1 aromatic heterocycles. The van der Waals surface area contributed by atoms with E-state index in [-0.39, 0.29) is 18.9 Å². The van der Waals surface area contributed by atoms with E-state index in [0.717, 1.165) is 25.1 Å². The first-order chi connectivity index (χ1) is 10.0. The quantitative estimate of drug-likeness (QED) is 0.854. The van der Waals surface area contributed by atoms with Gasteiger partial charge in [-0.2, -0.15) is 0 Å². The molecular formula is C17H26F2N2. The Morgan fingerprint density at radius 2 is 2.10 bits per heavy atom. The zero-order valence-electron chi connectivity index (χ0n) is 13.0. The van der Waals surface area contributed by atoms with Crippen molar-refractivity contribution in [1.82, 2.24) is 10.3 Å². The maximum atomic E-state index is 13.4. The molecule has 0 radical (unpaired) electrons. The average Bonchev–Trinajstić information content (AvgIpc) is 2.46. The summed E-state index contributed by atoms with van der Waals surface area (Å²) in [6.07, 6.45) is 4.99. The molecule has 1 N–H and O–H groups in total. The molecule has 1 fully saturated rings. The third-order valence-electron chi connectivity index (χ3n) is 4.52. The van der Waals surface area contributed by atoms with Crippen LogP contribution in [0, 0.1) is 12.8 Å². The second-order valence-corrected chi connectivity index (χ2v) is 6.23. The Hall–Kier alpha value is -1.03. The van der Waals surface area contributed by atoms with Crippen LogP contribution in [-0.2, 0) is 6.42 Å². The van der Waals surface area contributed by atoms with E-state index in [9.17, 15) is 8.78 Å². The van der Waals surface area contributed by atoms with Crippen molar-refractivity contribution < 1.29 is 8.78 Å². The third-order valence-corrected chi connectivity index (χ3v) is 4.52. The molecule has 1 aliphatic rings. The number of nitrogens with one attached hydrogen (secondary N) is 1. The van der Waals surface area contributed by atoms with Crippen LogP contribution in [0.2, 0.25) is 0 Å². The Kier molecular flexibility index (Phi) is 5.68. The van der Waals surface area contributed by atoms with Crippen molar-refractivity contribution >= 4 is 0 Å². The van der Waals surface area contributed by atoms with Crippen LogP contribution in [0.1, 0.15) is 50.3 Å². The molecule has 118 valence electrons. The largest absolute Gasteiger partial charge is 0.313 e. The van der Waals surface area contributed by atoms with Gasteiger partial charge in [-0.25, -0.2) is 8.78 Å². The molecule has 1 aromatic rings. The standard InChI is InChI=1S/C17H26F2N2/c1-3-10-20-16(12-15-13(2)5-4-11-21-15)14-6-8-17(18,19)9-7-14/h4-5,11,14,16,20H,3,6-10,12H2,1-2H3. The first-order valence-electron chi connectivity index (χ1n) is 8.03. The monoisotopic (exact) mass is 296 g/mol. The van der Waals surface area contributed by atoms with Crippen LogP contribution in [-0.4, -0.2) is 23.5 Å². The zero-order chi connectivity index (χ0) is 15.3. The number of pyridine rings is 1. The summed E-state index contributed by atoms with van der Waals surface area (Å²) >= 11 is 0. The van der Waals surface area contributed by atoms with Crippen molar-refractivity contribution in [3.05, 3.63) is 29.6 Å². The minimum atomic E-state index is -2.45. The number of aromatic nitrogens is 1. The smallest absolute Gasteiger partial charge is 0.248 e. The highest BCUT2D eigenvalue weighted by Crippen LogP contribution is 2.38. The number of rotatable bonds is 6. The van der Waals surface area contributed by atoms with Gasteiger partial charge in [-0.3, -0.25) is 4.98 Å². The molecule has 0 bridgehead atoms. The predicted molar refractivity (Wildman–Crippen MR) is 81.7 cm³/mol. The highest BCUT2D eigenvalue weighted by molar-refractivity contribution is 5.18. The number of hydrogen-bond acceptors (Lipinski definition) is 2. The minimum absolute atomic E-state index is 0.0309. The van der Waals surface area contributed by atoms with Crippen LogP contribution >= 0.6 is 0 Å². The second-order valence-electron chi connectivity index (χ2n) is 6.23. The number of hydrogen-bond donors (Lipinski definition) is 1. The number of alkyl halides is 2. The molecule has 0 saturated heterocycles. The molecule has 0 amide bonds. The predicted octanol–water partition coefficient (Wildman–Crippen LogP) is 4.13. The fourth-order valence-corrected chi connectivity index (χ4v) is 3.14. The van der Waals surface area contributed by atoms with Crippen LogP contribution in [0.3, 0.4) is 0 Å². The molecule has 4 heteroatoms. The summed E-state index contributed by atoms with van der Waals surface area (Å²) in [6, 6.07) is 4.26. The highest BCUT2D eigenvalue weighted by atomic mass is 19.3. The number of nitrogens with zero attached hydrogens (tertiary/aromatic N) is 1. The fourth-order valence-electron chi connectivity index (χ4n) is 3.14. The molecule has 0 aliphatic heterocycles. The first-order valence-corrected chi connectivity index (χ1v) is 8.03. The summed E-state index contributed by atoms with van der Waals surface area (Å²) in [7, 11) is 0. The maximum Gasteiger partial charge on any atom is 0.248 e. The van der Waals surface area contributed by atoms with E-state index >= 15 is 0 Å².